The number of hydrogen-bond donors (Lipinski definition) is 0. The first-order chi connectivity index (χ1) is 13.7. The van der Waals surface area contributed by atoms with Crippen LogP contribution >= 0.6 is 11.8 Å². The van der Waals surface area contributed by atoms with E-state index in [2.05, 4.69) is 19.9 Å². The Morgan fingerprint density at radius 2 is 1.71 bits per heavy atom. The summed E-state index contributed by atoms with van der Waals surface area (Å²) in [5.41, 5.74) is 1.91. The summed E-state index contributed by atoms with van der Waals surface area (Å²) in [7, 11) is 1.99. The van der Waals surface area contributed by atoms with Crippen molar-refractivity contribution < 1.29 is 4.79 Å². The van der Waals surface area contributed by atoms with Gasteiger partial charge in [0.2, 0.25) is 5.95 Å². The van der Waals surface area contributed by atoms with E-state index in [0.717, 1.165) is 35.5 Å². The molecule has 0 spiro atoms. The molecule has 1 fully saturated rings. The third-order valence-electron chi connectivity index (χ3n) is 4.75. The topological polar surface area (TPSA) is 67.2 Å². The number of nitrogens with zero attached hydrogens (tertiary/aromatic N) is 6. The van der Waals surface area contributed by atoms with Gasteiger partial charge >= 0.3 is 0 Å². The molecule has 3 aromatic rings. The predicted octanol–water partition coefficient (Wildman–Crippen LogP) is 2.46. The van der Waals surface area contributed by atoms with Crippen molar-refractivity contribution in [1.82, 2.24) is 24.4 Å². The van der Waals surface area contributed by atoms with Gasteiger partial charge in [-0.05, 0) is 23.8 Å². The average Bonchev–Trinajstić information content (AvgIpc) is 3.17. The van der Waals surface area contributed by atoms with E-state index in [9.17, 15) is 4.79 Å². The molecular formula is C20H22N6OS. The third-order valence-corrected chi connectivity index (χ3v) is 5.88. The number of aryl methyl sites for hydroxylation is 1. The maximum atomic E-state index is 12.8. The van der Waals surface area contributed by atoms with Gasteiger partial charge in [0.15, 0.2) is 5.16 Å². The van der Waals surface area contributed by atoms with Crippen LogP contribution in [0.25, 0.3) is 0 Å². The van der Waals surface area contributed by atoms with E-state index in [0.29, 0.717) is 13.1 Å². The highest BCUT2D eigenvalue weighted by atomic mass is 32.2. The molecule has 8 heteroatoms. The molecule has 0 N–H and O–H groups in total. The number of anilines is 1. The molecule has 0 bridgehead atoms. The quantitative estimate of drug-likeness (QED) is 0.620. The molecule has 144 valence electrons. The van der Waals surface area contributed by atoms with Gasteiger partial charge in [0.1, 0.15) is 0 Å². The Balaban J connectivity index is 1.32. The lowest BCUT2D eigenvalue weighted by Gasteiger charge is -2.34. The number of benzene rings is 1. The Morgan fingerprint density at radius 3 is 2.36 bits per heavy atom. The van der Waals surface area contributed by atoms with Gasteiger partial charge in [0.25, 0.3) is 5.91 Å². The van der Waals surface area contributed by atoms with Crippen molar-refractivity contribution in [3.05, 3.63) is 66.2 Å². The van der Waals surface area contributed by atoms with E-state index < -0.39 is 0 Å². The zero-order chi connectivity index (χ0) is 19.3. The van der Waals surface area contributed by atoms with E-state index in [-0.39, 0.29) is 5.91 Å². The van der Waals surface area contributed by atoms with Crippen LogP contribution in [0.3, 0.4) is 0 Å². The van der Waals surface area contributed by atoms with Crippen LogP contribution in [0.2, 0.25) is 0 Å². The van der Waals surface area contributed by atoms with Crippen LogP contribution in [0.1, 0.15) is 15.9 Å². The van der Waals surface area contributed by atoms with E-state index in [1.807, 2.05) is 53.0 Å². The number of hydrogen-bond acceptors (Lipinski definition) is 6. The zero-order valence-electron chi connectivity index (χ0n) is 15.7. The normalized spacial score (nSPS) is 14.3. The molecule has 1 saturated heterocycles. The van der Waals surface area contributed by atoms with Crippen LogP contribution in [0.5, 0.6) is 0 Å². The van der Waals surface area contributed by atoms with E-state index in [1.165, 1.54) is 5.56 Å². The van der Waals surface area contributed by atoms with Gasteiger partial charge in [-0.2, -0.15) is 0 Å². The van der Waals surface area contributed by atoms with Gasteiger partial charge in [0, 0.05) is 69.3 Å². The number of carbonyl (C=O) groups excluding carboxylic acids is 1. The van der Waals surface area contributed by atoms with Crippen molar-refractivity contribution in [3.8, 4) is 0 Å². The molecule has 7 nitrogen and oxygen atoms in total. The summed E-state index contributed by atoms with van der Waals surface area (Å²) in [6, 6.07) is 9.70. The second-order valence-corrected chi connectivity index (χ2v) is 7.58. The van der Waals surface area contributed by atoms with E-state index in [4.69, 9.17) is 0 Å². The molecule has 2 aromatic heterocycles. The summed E-state index contributed by atoms with van der Waals surface area (Å²) in [5, 5.41) is 0.986. The summed E-state index contributed by atoms with van der Waals surface area (Å²) < 4.78 is 2.00. The van der Waals surface area contributed by atoms with Crippen LogP contribution < -0.4 is 4.90 Å². The second kappa shape index (κ2) is 8.43. The Kier molecular flexibility index (Phi) is 5.57. The first-order valence-electron chi connectivity index (χ1n) is 9.21. The Morgan fingerprint density at radius 1 is 1.00 bits per heavy atom. The minimum Gasteiger partial charge on any atom is -0.337 e. The van der Waals surface area contributed by atoms with Gasteiger partial charge in [-0.15, -0.1) is 0 Å². The van der Waals surface area contributed by atoms with E-state index >= 15 is 0 Å². The Bertz CT molecular complexity index is 919. The van der Waals surface area contributed by atoms with Crippen molar-refractivity contribution in [3.63, 3.8) is 0 Å². The number of aromatic nitrogens is 4. The van der Waals surface area contributed by atoms with Crippen molar-refractivity contribution in [2.24, 2.45) is 7.05 Å². The number of thioether (sulfide) groups is 1. The third kappa shape index (κ3) is 4.17. The van der Waals surface area contributed by atoms with Crippen molar-refractivity contribution in [1.29, 1.82) is 0 Å². The number of amides is 1. The maximum absolute atomic E-state index is 12.8. The lowest BCUT2D eigenvalue weighted by Crippen LogP contribution is -2.49. The summed E-state index contributed by atoms with van der Waals surface area (Å²) in [6.45, 7) is 2.84. The van der Waals surface area contributed by atoms with Crippen LogP contribution in [0.4, 0.5) is 5.95 Å². The van der Waals surface area contributed by atoms with Gasteiger partial charge < -0.3 is 14.4 Å². The fourth-order valence-corrected chi connectivity index (χ4v) is 4.02. The number of piperazine rings is 1. The lowest BCUT2D eigenvalue weighted by atomic mass is 10.1. The summed E-state index contributed by atoms with van der Waals surface area (Å²) in [5.74, 6) is 1.64. The first kappa shape index (κ1) is 18.5. The number of imidazole rings is 1. The summed E-state index contributed by atoms with van der Waals surface area (Å²) >= 11 is 1.69. The molecule has 0 saturated carbocycles. The minimum atomic E-state index is 0.0805. The molecule has 0 atom stereocenters. The van der Waals surface area contributed by atoms with Crippen LogP contribution in [-0.2, 0) is 12.8 Å². The van der Waals surface area contributed by atoms with E-state index in [1.54, 1.807) is 30.4 Å². The number of rotatable bonds is 5. The standard InChI is InChI=1S/C20H22N6OS/c1-24-10-9-23-20(24)28-15-16-3-5-17(6-4-16)18(27)25-11-13-26(14-12-25)19-21-7-2-8-22-19/h2-10H,11-15H2,1H3. The SMILES string of the molecule is Cn1ccnc1SCc1ccc(C(=O)N2CCN(c3ncccn3)CC2)cc1. The van der Waals surface area contributed by atoms with Gasteiger partial charge in [-0.3, -0.25) is 4.79 Å². The van der Waals surface area contributed by atoms with Gasteiger partial charge in [-0.1, -0.05) is 23.9 Å². The Labute approximate surface area is 168 Å². The molecule has 0 radical (unpaired) electrons. The highest BCUT2D eigenvalue weighted by molar-refractivity contribution is 7.98. The molecule has 1 aliphatic rings. The molecule has 0 unspecified atom stereocenters. The molecule has 28 heavy (non-hydrogen) atoms. The maximum Gasteiger partial charge on any atom is 0.253 e. The average molecular weight is 395 g/mol. The van der Waals surface area contributed by atoms with Crippen molar-refractivity contribution >= 4 is 23.6 Å². The predicted molar refractivity (Wildman–Crippen MR) is 109 cm³/mol. The first-order valence-corrected chi connectivity index (χ1v) is 10.2. The van der Waals surface area contributed by atoms with Crippen molar-refractivity contribution in [2.75, 3.05) is 31.1 Å². The fraction of sp³-hybridized carbons (Fsp3) is 0.300. The van der Waals surface area contributed by atoms with Crippen molar-refractivity contribution in [2.45, 2.75) is 10.9 Å². The number of carbonyl (C=O) groups is 1. The summed E-state index contributed by atoms with van der Waals surface area (Å²) in [4.78, 5) is 29.7. The van der Waals surface area contributed by atoms with Crippen LogP contribution in [0, 0.1) is 0 Å². The monoisotopic (exact) mass is 394 g/mol. The highest BCUT2D eigenvalue weighted by Crippen LogP contribution is 2.21. The second-order valence-electron chi connectivity index (χ2n) is 6.63. The molecule has 1 aromatic carbocycles. The Hall–Kier alpha value is -2.87. The molecule has 0 aliphatic carbocycles. The molecular weight excluding hydrogens is 372 g/mol. The minimum absolute atomic E-state index is 0.0805. The van der Waals surface area contributed by atoms with Crippen LogP contribution in [0.15, 0.2) is 60.3 Å². The highest BCUT2D eigenvalue weighted by Gasteiger charge is 2.23. The zero-order valence-corrected chi connectivity index (χ0v) is 16.5. The largest absolute Gasteiger partial charge is 0.337 e. The summed E-state index contributed by atoms with van der Waals surface area (Å²) in [6.07, 6.45) is 7.22. The molecule has 3 heterocycles. The molecule has 1 amide bonds. The lowest BCUT2D eigenvalue weighted by molar-refractivity contribution is 0.0746. The smallest absolute Gasteiger partial charge is 0.253 e. The molecule has 1 aliphatic heterocycles. The van der Waals surface area contributed by atoms with Gasteiger partial charge in [-0.25, -0.2) is 15.0 Å². The molecule has 4 rings (SSSR count). The fourth-order valence-electron chi connectivity index (χ4n) is 3.13. The van der Waals surface area contributed by atoms with Crippen LogP contribution in [-0.4, -0.2) is 56.5 Å². The van der Waals surface area contributed by atoms with Gasteiger partial charge in [0.05, 0.1) is 0 Å².